The first kappa shape index (κ1) is 20.8. The zero-order valence-corrected chi connectivity index (χ0v) is 17.8. The molecule has 0 saturated carbocycles. The molecule has 1 aliphatic rings. The predicted molar refractivity (Wildman–Crippen MR) is 116 cm³/mol. The van der Waals surface area contributed by atoms with Crippen molar-refractivity contribution in [2.45, 2.75) is 25.7 Å². The van der Waals surface area contributed by atoms with Gasteiger partial charge in [0.25, 0.3) is 0 Å². The Morgan fingerprint density at radius 1 is 1.00 bits per heavy atom. The third-order valence-corrected chi connectivity index (χ3v) is 6.29. The predicted octanol–water partition coefficient (Wildman–Crippen LogP) is 4.03. The van der Waals surface area contributed by atoms with E-state index in [0.717, 1.165) is 27.7 Å². The van der Waals surface area contributed by atoms with Crippen molar-refractivity contribution in [3.63, 3.8) is 0 Å². The molecule has 0 amide bonds. The fraction of sp³-hybridized carbons (Fsp3) is 0.320. The minimum Gasteiger partial charge on any atom is -0.469 e. The maximum atomic E-state index is 13.1. The molecule has 0 radical (unpaired) electrons. The molecule has 160 valence electrons. The third kappa shape index (κ3) is 3.52. The van der Waals surface area contributed by atoms with Crippen LogP contribution in [0, 0.1) is 11.8 Å². The van der Waals surface area contributed by atoms with Crippen molar-refractivity contribution in [3.05, 3.63) is 70.9 Å². The fourth-order valence-corrected chi connectivity index (χ4v) is 4.81. The van der Waals surface area contributed by atoms with Crippen molar-refractivity contribution >= 4 is 28.6 Å². The molecule has 1 unspecified atom stereocenters. The monoisotopic (exact) mass is 419 g/mol. The Hall–Kier alpha value is -3.41. The number of fused-ring (bicyclic) bond motifs is 3. The summed E-state index contributed by atoms with van der Waals surface area (Å²) in [7, 11) is 2.70. The zero-order chi connectivity index (χ0) is 22.1. The van der Waals surface area contributed by atoms with Crippen LogP contribution in [0.5, 0.6) is 0 Å². The number of aromatic nitrogens is 1. The van der Waals surface area contributed by atoms with E-state index in [-0.39, 0.29) is 17.7 Å². The normalized spacial score (nSPS) is 20.2. The number of methoxy groups -OCH3 is 2. The van der Waals surface area contributed by atoms with Gasteiger partial charge in [-0.15, -0.1) is 0 Å². The minimum absolute atomic E-state index is 0.0155. The minimum atomic E-state index is -0.575. The Morgan fingerprint density at radius 3 is 2.35 bits per heavy atom. The lowest BCUT2D eigenvalue weighted by Crippen LogP contribution is -2.40. The van der Waals surface area contributed by atoms with Crippen LogP contribution in [0.15, 0.2) is 48.5 Å². The van der Waals surface area contributed by atoms with Crippen molar-refractivity contribution in [1.82, 2.24) is 4.98 Å². The molecular weight excluding hydrogens is 394 g/mol. The van der Waals surface area contributed by atoms with Crippen LogP contribution < -0.4 is 0 Å². The Labute approximate surface area is 180 Å². The van der Waals surface area contributed by atoms with Gasteiger partial charge < -0.3 is 14.5 Å². The molecule has 31 heavy (non-hydrogen) atoms. The van der Waals surface area contributed by atoms with Crippen molar-refractivity contribution < 1.29 is 23.9 Å². The second-order valence-corrected chi connectivity index (χ2v) is 7.83. The van der Waals surface area contributed by atoms with E-state index in [4.69, 9.17) is 9.47 Å². The van der Waals surface area contributed by atoms with Crippen LogP contribution in [0.3, 0.4) is 0 Å². The second-order valence-electron chi connectivity index (χ2n) is 7.83. The van der Waals surface area contributed by atoms with Crippen LogP contribution in [0.4, 0.5) is 0 Å². The molecule has 0 fully saturated rings. The average Bonchev–Trinajstić information content (AvgIpc) is 3.19. The number of carbonyl (C=O) groups is 3. The van der Waals surface area contributed by atoms with Gasteiger partial charge in [-0.05, 0) is 35.7 Å². The summed E-state index contributed by atoms with van der Waals surface area (Å²) in [6.45, 7) is 1.81. The number of carbonyl (C=O) groups excluding carboxylic acids is 3. The number of rotatable bonds is 5. The average molecular weight is 419 g/mol. The molecule has 6 heteroatoms. The highest BCUT2D eigenvalue weighted by atomic mass is 16.5. The maximum absolute atomic E-state index is 13.1. The number of nitrogens with one attached hydrogen (secondary N) is 1. The number of esters is 2. The first-order valence-electron chi connectivity index (χ1n) is 10.4. The molecule has 6 nitrogen and oxygen atoms in total. The SMILES string of the molecule is CCC(=O)C1[C@@H](c2ccc(C(=O)OC)cc2)c2[nH]c3ccccc3c2C[C@@H]1C(=O)OC. The molecule has 3 aromatic rings. The largest absolute Gasteiger partial charge is 0.469 e. The molecular formula is C25H25NO5. The summed E-state index contributed by atoms with van der Waals surface area (Å²) in [6.07, 6.45) is 0.767. The number of Topliss-reactive ketones (excluding diaryl/α,β-unsaturated/α-hetero) is 1. The first-order valence-corrected chi connectivity index (χ1v) is 10.4. The van der Waals surface area contributed by atoms with Crippen LogP contribution in [-0.2, 0) is 25.5 Å². The van der Waals surface area contributed by atoms with Crippen LogP contribution in [0.2, 0.25) is 0 Å². The number of H-pyrrole nitrogens is 1. The lowest BCUT2D eigenvalue weighted by Gasteiger charge is -2.36. The number of ether oxygens (including phenoxy) is 2. The van der Waals surface area contributed by atoms with Crippen molar-refractivity contribution in [2.75, 3.05) is 14.2 Å². The molecule has 1 heterocycles. The Bertz CT molecular complexity index is 1140. The number of aromatic amines is 1. The number of hydrogen-bond acceptors (Lipinski definition) is 5. The molecule has 0 aliphatic heterocycles. The van der Waals surface area contributed by atoms with Gasteiger partial charge in [0, 0.05) is 34.9 Å². The zero-order valence-electron chi connectivity index (χ0n) is 17.8. The van der Waals surface area contributed by atoms with Crippen LogP contribution in [0.1, 0.15) is 46.4 Å². The summed E-state index contributed by atoms with van der Waals surface area (Å²) in [5, 5.41) is 1.05. The van der Waals surface area contributed by atoms with Gasteiger partial charge in [0.2, 0.25) is 0 Å². The molecule has 1 aromatic heterocycles. The van der Waals surface area contributed by atoms with E-state index >= 15 is 0 Å². The molecule has 3 atom stereocenters. The number of para-hydroxylation sites is 1. The number of benzene rings is 2. The molecule has 0 saturated heterocycles. The smallest absolute Gasteiger partial charge is 0.337 e. The molecule has 0 bridgehead atoms. The van der Waals surface area contributed by atoms with Crippen LogP contribution >= 0.6 is 0 Å². The van der Waals surface area contributed by atoms with E-state index in [1.807, 2.05) is 43.3 Å². The molecule has 4 rings (SSSR count). The lowest BCUT2D eigenvalue weighted by molar-refractivity contribution is -0.150. The highest BCUT2D eigenvalue weighted by Gasteiger charge is 2.46. The summed E-state index contributed by atoms with van der Waals surface area (Å²) in [5.74, 6) is -2.26. The molecule has 2 aromatic carbocycles. The third-order valence-electron chi connectivity index (χ3n) is 6.29. The summed E-state index contributed by atoms with van der Waals surface area (Å²) in [4.78, 5) is 41.3. The summed E-state index contributed by atoms with van der Waals surface area (Å²) in [5.41, 5.74) is 4.24. The van der Waals surface area contributed by atoms with Crippen molar-refractivity contribution in [3.8, 4) is 0 Å². The highest BCUT2D eigenvalue weighted by Crippen LogP contribution is 2.47. The quantitative estimate of drug-likeness (QED) is 0.631. The fourth-order valence-electron chi connectivity index (χ4n) is 4.81. The highest BCUT2D eigenvalue weighted by molar-refractivity contribution is 5.93. The number of hydrogen-bond donors (Lipinski definition) is 1. The van der Waals surface area contributed by atoms with Crippen LogP contribution in [-0.4, -0.2) is 36.9 Å². The Kier molecular flexibility index (Phi) is 5.63. The summed E-state index contributed by atoms with van der Waals surface area (Å²) >= 11 is 0. The van der Waals surface area contributed by atoms with Gasteiger partial charge in [-0.25, -0.2) is 4.79 Å². The van der Waals surface area contributed by atoms with Crippen molar-refractivity contribution in [2.24, 2.45) is 11.8 Å². The van der Waals surface area contributed by atoms with Gasteiger partial charge >= 0.3 is 11.9 Å². The van der Waals surface area contributed by atoms with Gasteiger partial charge in [-0.3, -0.25) is 9.59 Å². The summed E-state index contributed by atoms with van der Waals surface area (Å²) < 4.78 is 9.90. The standard InChI is InChI=1S/C25H25NO5/c1-4-20(27)22-18(25(29)31-3)13-17-16-7-5-6-8-19(16)26-23(17)21(22)14-9-11-15(12-10-14)24(28)30-2/h5-12,18,21-22,26H,4,13H2,1-3H3/t18-,21+,22?/m0/s1. The molecule has 1 N–H and O–H groups in total. The van der Waals surface area contributed by atoms with E-state index in [0.29, 0.717) is 18.4 Å². The molecule has 1 aliphatic carbocycles. The van der Waals surface area contributed by atoms with E-state index in [1.165, 1.54) is 14.2 Å². The van der Waals surface area contributed by atoms with Crippen LogP contribution in [0.25, 0.3) is 10.9 Å². The van der Waals surface area contributed by atoms with Gasteiger partial charge in [0.05, 0.1) is 25.7 Å². The van der Waals surface area contributed by atoms with Gasteiger partial charge in [0.15, 0.2) is 0 Å². The number of ketones is 1. The first-order chi connectivity index (χ1) is 15.0. The van der Waals surface area contributed by atoms with Gasteiger partial charge in [-0.1, -0.05) is 37.3 Å². The van der Waals surface area contributed by atoms with E-state index in [9.17, 15) is 14.4 Å². The Balaban J connectivity index is 1.92. The van der Waals surface area contributed by atoms with Gasteiger partial charge in [0.1, 0.15) is 5.78 Å². The maximum Gasteiger partial charge on any atom is 0.337 e. The summed E-state index contributed by atoms with van der Waals surface area (Å²) in [6, 6.07) is 15.0. The lowest BCUT2D eigenvalue weighted by atomic mass is 9.66. The second kappa shape index (κ2) is 8.38. The van der Waals surface area contributed by atoms with E-state index < -0.39 is 17.8 Å². The Morgan fingerprint density at radius 2 is 1.71 bits per heavy atom. The van der Waals surface area contributed by atoms with Gasteiger partial charge in [-0.2, -0.15) is 0 Å². The van der Waals surface area contributed by atoms with Crippen molar-refractivity contribution in [1.29, 1.82) is 0 Å². The van der Waals surface area contributed by atoms with E-state index in [1.54, 1.807) is 12.1 Å². The van der Waals surface area contributed by atoms with E-state index in [2.05, 4.69) is 4.98 Å². The topological polar surface area (TPSA) is 85.5 Å². The molecule has 0 spiro atoms.